The number of anilines is 2. The number of nitrogens with one attached hydrogen (secondary N) is 1. The van der Waals surface area contributed by atoms with Crippen molar-refractivity contribution < 1.29 is 55.5 Å². The quantitative estimate of drug-likeness (QED) is 0.0257. The molecule has 534 valence electrons. The van der Waals surface area contributed by atoms with Crippen molar-refractivity contribution in [3.63, 3.8) is 0 Å². The van der Waals surface area contributed by atoms with Crippen LogP contribution in [0.15, 0.2) is 242 Å². The molecule has 3 atom stereocenters. The van der Waals surface area contributed by atoms with Crippen molar-refractivity contribution in [1.29, 1.82) is 0 Å². The van der Waals surface area contributed by atoms with Crippen LogP contribution in [0.5, 0.6) is 0 Å². The number of aliphatic carboxylic acids is 2. The van der Waals surface area contributed by atoms with E-state index in [0.29, 0.717) is 72.2 Å². The second kappa shape index (κ2) is 43.5. The second-order valence-corrected chi connectivity index (χ2v) is 24.3. The molecule has 9 aromatic carbocycles. The fourth-order valence-corrected chi connectivity index (χ4v) is 12.2. The third-order valence-corrected chi connectivity index (χ3v) is 17.0. The van der Waals surface area contributed by atoms with Crippen LogP contribution in [0, 0.1) is 0 Å². The monoisotopic (exact) mass is 1470 g/mol. The molecule has 3 heterocycles. The van der Waals surface area contributed by atoms with Crippen molar-refractivity contribution >= 4 is 92.9 Å². The number of carbonyl (C=O) groups is 6. The first-order valence-electron chi connectivity index (χ1n) is 31.4. The van der Waals surface area contributed by atoms with Crippen LogP contribution < -0.4 is 11.1 Å². The Bertz CT molecular complexity index is 4090. The summed E-state index contributed by atoms with van der Waals surface area (Å²) >= 11 is 18.3. The van der Waals surface area contributed by atoms with E-state index in [0.717, 1.165) is 82.4 Å². The molecule has 15 nitrogen and oxygen atoms in total. The number of likely N-dealkylation sites (tertiary alicyclic amines) is 3. The average Bonchev–Trinajstić information content (AvgIpc) is 1.67. The molecule has 3 aliphatic heterocycles. The summed E-state index contributed by atoms with van der Waals surface area (Å²) in [4.78, 5) is 84.4. The number of ketones is 2. The molecule has 0 saturated carbocycles. The van der Waals surface area contributed by atoms with Crippen LogP contribution in [0.25, 0.3) is 5.32 Å². The zero-order valence-electron chi connectivity index (χ0n) is 52.5. The maximum Gasteiger partial charge on any atom is 2.00 e. The zero-order chi connectivity index (χ0) is 67.1. The van der Waals surface area contributed by atoms with Crippen molar-refractivity contribution in [3.8, 4) is 0 Å². The number of hydrogen-bond donors (Lipinski definition) is 4. The normalized spacial score (nSPS) is 15.2. The molecular formula is C82H93Cl3N7NiO8+. The van der Waals surface area contributed by atoms with Gasteiger partial charge in [-0.25, -0.2) is 0 Å². The van der Waals surface area contributed by atoms with Crippen LogP contribution in [-0.2, 0) is 55.3 Å². The Kier molecular flexibility index (Phi) is 37.1. The van der Waals surface area contributed by atoms with Crippen LogP contribution in [0.3, 0.4) is 0 Å². The number of carboxylic acid groups (broad SMARTS) is 2. The topological polar surface area (TPSA) is 217 Å². The summed E-state index contributed by atoms with van der Waals surface area (Å²) < 4.78 is 0. The standard InChI is InChI=1S/C27H26ClN3O3.C25H23ClN2O2.C13H10ClNO.C12H15NO2.5CH4.Ni/c28-21-13-14-23(22(16-21)26(29-17-25(32)33)20-10-5-2-6-11-20)30-27(34)24-12-7-15-31(24)18-19-8-3-1-4-9-19;26-20-13-14-22(21(16-20)24(29)19-10-5-2-6-11-19)27-25(30)23-12-7-15-28(23)17-18-8-3-1-4-9-18;14-10-6-7-12(15)11(8-10)13(16)9-4-2-1-3-5-9;14-12(15)11-7-4-8-13(11)9-10-5-2-1-3-6-10;;;;;;/h1-6,8-11,13-14,16,24H,7,12,15,17-18H2,(H2,29,30,32,33,34);1-6,8-11,13-14,16,23H,7,12,15,17H2,(H,27,30);1-8H,15H2;1-3,5-6,11H,4,7-9H2,(H,14,15);5*1H4;/q;;;;;;;;;+2/p-1. The van der Waals surface area contributed by atoms with Gasteiger partial charge in [0.15, 0.2) is 11.6 Å². The van der Waals surface area contributed by atoms with Gasteiger partial charge in [-0.05, 0) is 129 Å². The number of amides is 2. The van der Waals surface area contributed by atoms with E-state index in [9.17, 15) is 33.9 Å². The molecule has 0 spiro atoms. The minimum absolute atomic E-state index is 0. The molecule has 3 aliphatic rings. The van der Waals surface area contributed by atoms with Crippen molar-refractivity contribution in [2.75, 3.05) is 37.2 Å². The van der Waals surface area contributed by atoms with Gasteiger partial charge in [0, 0.05) is 68.2 Å². The number of hydrogen-bond acceptors (Lipinski definition) is 11. The molecule has 0 radical (unpaired) electrons. The first-order chi connectivity index (χ1) is 46.1. The van der Waals surface area contributed by atoms with Gasteiger partial charge in [0.1, 0.15) is 12.6 Å². The molecule has 2 amide bonds. The van der Waals surface area contributed by atoms with Gasteiger partial charge in [-0.15, -0.1) is 5.69 Å². The molecule has 3 saturated heterocycles. The van der Waals surface area contributed by atoms with Crippen molar-refractivity contribution in [3.05, 3.63) is 307 Å². The van der Waals surface area contributed by atoms with Crippen molar-refractivity contribution in [1.82, 2.24) is 14.7 Å². The molecule has 12 rings (SSSR count). The first kappa shape index (κ1) is 86.1. The van der Waals surface area contributed by atoms with E-state index in [-0.39, 0.29) is 95.1 Å². The summed E-state index contributed by atoms with van der Waals surface area (Å²) in [7, 11) is 0. The smallest absolute Gasteiger partial charge is 0.625 e. The van der Waals surface area contributed by atoms with E-state index in [4.69, 9.17) is 45.6 Å². The van der Waals surface area contributed by atoms with E-state index in [1.165, 1.54) is 11.1 Å². The van der Waals surface area contributed by atoms with Gasteiger partial charge in [-0.2, -0.15) is 0 Å². The van der Waals surface area contributed by atoms with Crippen molar-refractivity contribution in [2.24, 2.45) is 4.99 Å². The molecule has 3 fully saturated rings. The SMILES string of the molecule is C.C.C.C.C.Nc1ccc(Cl)cc1C(=O)c1ccccc1.O=C(O)C1CCCN1Cc1ccccc1.O=C(O)CN=C(c1ccccc1)c1cc(Cl)ccc1[N-]C(=O)C1CCCN1Cc1ccccc1.O=C(c1ccccc1)c1cc(Cl)ccc1NC(=O)C1CCCN1Cc1ccccc1.[Ni+2]. The minimum atomic E-state index is -1.05. The van der Waals surface area contributed by atoms with Crippen molar-refractivity contribution in [2.45, 2.75) is 113 Å². The van der Waals surface area contributed by atoms with E-state index in [2.05, 4.69) is 49.7 Å². The van der Waals surface area contributed by atoms with Gasteiger partial charge in [0.2, 0.25) is 5.91 Å². The second-order valence-electron chi connectivity index (χ2n) is 23.0. The zero-order valence-corrected chi connectivity index (χ0v) is 55.8. The number of halogens is 3. The fraction of sp³-hybridized carbons (Fsp3) is 0.256. The minimum Gasteiger partial charge on any atom is -0.625 e. The fourth-order valence-electron chi connectivity index (χ4n) is 11.7. The number of aliphatic imine (C=N–C) groups is 1. The number of carbonyl (C=O) groups excluding carboxylic acids is 4. The van der Waals surface area contributed by atoms with E-state index < -0.39 is 18.5 Å². The average molecular weight is 1470 g/mol. The number of nitrogens with two attached hydrogens (primary N) is 1. The maximum absolute atomic E-state index is 13.3. The molecular weight excluding hydrogens is 1380 g/mol. The number of rotatable bonds is 19. The van der Waals surface area contributed by atoms with Crippen LogP contribution >= 0.6 is 34.8 Å². The van der Waals surface area contributed by atoms with Gasteiger partial charge in [-0.1, -0.05) is 260 Å². The molecule has 0 aromatic heterocycles. The Morgan fingerprint density at radius 1 is 0.455 bits per heavy atom. The molecule has 9 aromatic rings. The van der Waals surface area contributed by atoms with Crippen LogP contribution in [0.2, 0.25) is 15.1 Å². The van der Waals surface area contributed by atoms with Crippen LogP contribution in [0.1, 0.15) is 135 Å². The van der Waals surface area contributed by atoms with Gasteiger partial charge in [0.05, 0.1) is 29.4 Å². The number of benzene rings is 9. The summed E-state index contributed by atoms with van der Waals surface area (Å²) in [6.07, 6.45) is 5.22. The summed E-state index contributed by atoms with van der Waals surface area (Å²) in [5, 5.41) is 27.1. The Morgan fingerprint density at radius 2 is 0.822 bits per heavy atom. The third-order valence-electron chi connectivity index (χ3n) is 16.3. The Hall–Kier alpha value is -9.09. The molecule has 19 heteroatoms. The number of nitrogens with zero attached hydrogens (tertiary/aromatic N) is 5. The third kappa shape index (κ3) is 25.2. The van der Waals surface area contributed by atoms with Gasteiger partial charge < -0.3 is 31.4 Å². The van der Waals surface area contributed by atoms with Crippen LogP contribution in [-0.4, -0.2) is 110 Å². The number of carboxylic acids is 2. The summed E-state index contributed by atoms with van der Waals surface area (Å²) in [6, 6.07) is 71.6. The predicted octanol–water partition coefficient (Wildman–Crippen LogP) is 18.7. The summed E-state index contributed by atoms with van der Waals surface area (Å²) in [5.41, 5.74) is 14.3. The van der Waals surface area contributed by atoms with E-state index in [1.807, 2.05) is 138 Å². The molecule has 0 aliphatic carbocycles. The van der Waals surface area contributed by atoms with Gasteiger partial charge in [-0.3, -0.25) is 43.7 Å². The summed E-state index contributed by atoms with van der Waals surface area (Å²) in [6.45, 7) is 4.37. The molecule has 0 bridgehead atoms. The molecule has 101 heavy (non-hydrogen) atoms. The largest absolute Gasteiger partial charge is 2.00 e. The Morgan fingerprint density at radius 3 is 1.28 bits per heavy atom. The Balaban J connectivity index is 0.000000361. The van der Waals surface area contributed by atoms with Crippen LogP contribution in [0.4, 0.5) is 17.1 Å². The summed E-state index contributed by atoms with van der Waals surface area (Å²) in [5.74, 6) is -2.33. The van der Waals surface area contributed by atoms with E-state index >= 15 is 0 Å². The number of nitrogen functional groups attached to an aromatic ring is 1. The van der Waals surface area contributed by atoms with E-state index in [1.54, 1.807) is 78.9 Å². The Labute approximate surface area is 621 Å². The maximum atomic E-state index is 13.3. The van der Waals surface area contributed by atoms with Gasteiger partial charge >= 0.3 is 28.4 Å². The molecule has 5 N–H and O–H groups in total. The first-order valence-corrected chi connectivity index (χ1v) is 32.5. The van der Waals surface area contributed by atoms with Gasteiger partial charge in [0.25, 0.3) is 0 Å². The molecule has 3 unspecified atom stereocenters. The predicted molar refractivity (Wildman–Crippen MR) is 411 cm³/mol.